The number of nitrogens with zero attached hydrogens (tertiary/aromatic N) is 1. The molecule has 2 unspecified atom stereocenters. The summed E-state index contributed by atoms with van der Waals surface area (Å²) < 4.78 is 0. The first-order valence-electron chi connectivity index (χ1n) is 6.56. The first kappa shape index (κ1) is 14.3. The minimum absolute atomic E-state index is 0.307. The van der Waals surface area contributed by atoms with E-state index in [1.54, 1.807) is 0 Å². The molecule has 0 bridgehead atoms. The Morgan fingerprint density at radius 2 is 2.06 bits per heavy atom. The molecule has 0 aliphatic heterocycles. The van der Waals surface area contributed by atoms with Crippen molar-refractivity contribution < 1.29 is 10.3 Å². The summed E-state index contributed by atoms with van der Waals surface area (Å²) in [7, 11) is 0. The molecule has 0 aromatic heterocycles. The van der Waals surface area contributed by atoms with Gasteiger partial charge in [0.15, 0.2) is 0 Å². The third-order valence-electron chi connectivity index (χ3n) is 3.62. The number of nitrogens with one attached hydrogen (secondary N) is 1. The lowest BCUT2D eigenvalue weighted by molar-refractivity contribution is 0.192. The summed E-state index contributed by atoms with van der Waals surface area (Å²) in [5.41, 5.74) is 5.38. The van der Waals surface area contributed by atoms with Gasteiger partial charge in [0.1, 0.15) is 5.84 Å². The maximum Gasteiger partial charge on any atom is 0.139 e. The molecule has 1 saturated carbocycles. The number of unbranched alkanes of at least 4 members (excludes halogenated alkanes) is 1. The Morgan fingerprint density at radius 1 is 1.29 bits per heavy atom. The van der Waals surface area contributed by atoms with E-state index in [0.717, 1.165) is 25.9 Å². The highest BCUT2D eigenvalue weighted by Gasteiger charge is 2.25. The number of amidine groups is 1. The van der Waals surface area contributed by atoms with Gasteiger partial charge in [-0.25, -0.2) is 0 Å². The summed E-state index contributed by atoms with van der Waals surface area (Å²) >= 11 is 0. The van der Waals surface area contributed by atoms with Crippen LogP contribution < -0.4 is 11.1 Å². The van der Waals surface area contributed by atoms with Crippen LogP contribution in [0.15, 0.2) is 5.16 Å². The normalized spacial score (nSPS) is 25.4. The van der Waals surface area contributed by atoms with E-state index in [0.29, 0.717) is 30.7 Å². The zero-order chi connectivity index (χ0) is 12.5. The molecule has 0 aromatic carbocycles. The van der Waals surface area contributed by atoms with Crippen LogP contribution in [0.1, 0.15) is 38.5 Å². The number of oxime groups is 1. The monoisotopic (exact) mass is 243 g/mol. The number of hydrogen-bond donors (Lipinski definition) is 4. The van der Waals surface area contributed by atoms with Crippen molar-refractivity contribution in [3.8, 4) is 0 Å². The highest BCUT2D eigenvalue weighted by molar-refractivity contribution is 5.79. The van der Waals surface area contributed by atoms with Crippen LogP contribution in [0.2, 0.25) is 0 Å². The van der Waals surface area contributed by atoms with E-state index in [9.17, 15) is 5.11 Å². The standard InChI is InChI=1S/C12H25N3O2/c13-12(15-17)6-1-2-7-14-8-10-4-3-5-11(10)9-16/h10-11,14,16-17H,1-9H2,(H2,13,15). The van der Waals surface area contributed by atoms with E-state index < -0.39 is 0 Å². The minimum Gasteiger partial charge on any atom is -0.409 e. The predicted molar refractivity (Wildman–Crippen MR) is 68.0 cm³/mol. The van der Waals surface area contributed by atoms with E-state index in [1.165, 1.54) is 19.3 Å². The van der Waals surface area contributed by atoms with Gasteiger partial charge in [0.2, 0.25) is 0 Å². The lowest BCUT2D eigenvalue weighted by Crippen LogP contribution is -2.27. The maximum atomic E-state index is 9.19. The molecule has 1 aliphatic rings. The number of hydrogen-bond acceptors (Lipinski definition) is 4. The zero-order valence-electron chi connectivity index (χ0n) is 10.4. The van der Waals surface area contributed by atoms with Crippen molar-refractivity contribution in [2.45, 2.75) is 38.5 Å². The molecule has 5 heteroatoms. The Morgan fingerprint density at radius 3 is 2.76 bits per heavy atom. The summed E-state index contributed by atoms with van der Waals surface area (Å²) in [6, 6.07) is 0. The fraction of sp³-hybridized carbons (Fsp3) is 0.917. The van der Waals surface area contributed by atoms with Crippen molar-refractivity contribution in [3.63, 3.8) is 0 Å². The van der Waals surface area contributed by atoms with Crippen molar-refractivity contribution in [3.05, 3.63) is 0 Å². The Hall–Kier alpha value is -0.810. The largest absolute Gasteiger partial charge is 0.409 e. The molecule has 2 atom stereocenters. The highest BCUT2D eigenvalue weighted by Crippen LogP contribution is 2.30. The van der Waals surface area contributed by atoms with Crippen LogP contribution in [0.25, 0.3) is 0 Å². The van der Waals surface area contributed by atoms with Crippen LogP contribution in [0, 0.1) is 11.8 Å². The Labute approximate surface area is 103 Å². The summed E-state index contributed by atoms with van der Waals surface area (Å²) in [6.45, 7) is 2.30. The summed E-state index contributed by atoms with van der Waals surface area (Å²) in [5.74, 6) is 1.45. The zero-order valence-corrected chi connectivity index (χ0v) is 10.4. The average Bonchev–Trinajstić information content (AvgIpc) is 2.80. The van der Waals surface area contributed by atoms with Gasteiger partial charge >= 0.3 is 0 Å². The first-order chi connectivity index (χ1) is 8.27. The van der Waals surface area contributed by atoms with Crippen LogP contribution in [-0.4, -0.2) is 35.8 Å². The molecule has 0 aromatic rings. The van der Waals surface area contributed by atoms with E-state index in [2.05, 4.69) is 10.5 Å². The van der Waals surface area contributed by atoms with Crippen LogP contribution in [-0.2, 0) is 0 Å². The smallest absolute Gasteiger partial charge is 0.139 e. The van der Waals surface area contributed by atoms with Crippen molar-refractivity contribution in [1.82, 2.24) is 5.32 Å². The van der Waals surface area contributed by atoms with E-state index in [1.807, 2.05) is 0 Å². The van der Waals surface area contributed by atoms with Crippen LogP contribution in [0.5, 0.6) is 0 Å². The fourth-order valence-electron chi connectivity index (χ4n) is 2.52. The molecule has 1 aliphatic carbocycles. The Bertz CT molecular complexity index is 234. The summed E-state index contributed by atoms with van der Waals surface area (Å²) in [4.78, 5) is 0. The lowest BCUT2D eigenvalue weighted by atomic mass is 9.97. The molecule has 5 nitrogen and oxygen atoms in total. The Kier molecular flexibility index (Phi) is 6.96. The van der Waals surface area contributed by atoms with Crippen molar-refractivity contribution in [2.24, 2.45) is 22.7 Å². The topological polar surface area (TPSA) is 90.9 Å². The number of nitrogens with two attached hydrogens (primary N) is 1. The van der Waals surface area contributed by atoms with Gasteiger partial charge in [-0.05, 0) is 50.6 Å². The number of aliphatic hydroxyl groups excluding tert-OH is 1. The van der Waals surface area contributed by atoms with Gasteiger partial charge in [0.25, 0.3) is 0 Å². The third kappa shape index (κ3) is 5.37. The van der Waals surface area contributed by atoms with E-state index >= 15 is 0 Å². The molecular weight excluding hydrogens is 218 g/mol. The third-order valence-corrected chi connectivity index (χ3v) is 3.62. The van der Waals surface area contributed by atoms with Gasteiger partial charge in [0.05, 0.1) is 0 Å². The van der Waals surface area contributed by atoms with Gasteiger partial charge in [-0.15, -0.1) is 0 Å². The van der Waals surface area contributed by atoms with Crippen LogP contribution in [0.3, 0.4) is 0 Å². The molecule has 1 fully saturated rings. The lowest BCUT2D eigenvalue weighted by Gasteiger charge is -2.17. The first-order valence-corrected chi connectivity index (χ1v) is 6.56. The average molecular weight is 243 g/mol. The van der Waals surface area contributed by atoms with Crippen molar-refractivity contribution in [1.29, 1.82) is 0 Å². The summed E-state index contributed by atoms with van der Waals surface area (Å²) in [6.07, 6.45) is 6.29. The van der Waals surface area contributed by atoms with Gasteiger partial charge in [-0.1, -0.05) is 11.6 Å². The molecule has 100 valence electrons. The quantitative estimate of drug-likeness (QED) is 0.168. The molecule has 0 amide bonds. The van der Waals surface area contributed by atoms with E-state index in [4.69, 9.17) is 10.9 Å². The molecular formula is C12H25N3O2. The number of aliphatic hydroxyl groups is 1. The second-order valence-electron chi connectivity index (χ2n) is 4.89. The fourth-order valence-corrected chi connectivity index (χ4v) is 2.52. The summed E-state index contributed by atoms with van der Waals surface area (Å²) in [5, 5.41) is 23.9. The van der Waals surface area contributed by atoms with Gasteiger partial charge in [-0.3, -0.25) is 0 Å². The molecule has 5 N–H and O–H groups in total. The van der Waals surface area contributed by atoms with Crippen molar-refractivity contribution in [2.75, 3.05) is 19.7 Å². The molecule has 0 radical (unpaired) electrons. The maximum absolute atomic E-state index is 9.19. The predicted octanol–water partition coefficient (Wildman–Crippen LogP) is 0.901. The second-order valence-corrected chi connectivity index (χ2v) is 4.89. The van der Waals surface area contributed by atoms with E-state index in [-0.39, 0.29) is 0 Å². The molecule has 17 heavy (non-hydrogen) atoms. The minimum atomic E-state index is 0.307. The molecule has 1 rings (SSSR count). The Balaban J connectivity index is 1.97. The highest BCUT2D eigenvalue weighted by atomic mass is 16.4. The van der Waals surface area contributed by atoms with Gasteiger partial charge < -0.3 is 21.4 Å². The molecule has 0 saturated heterocycles. The number of rotatable bonds is 8. The second kappa shape index (κ2) is 8.31. The molecule has 0 spiro atoms. The van der Waals surface area contributed by atoms with Gasteiger partial charge in [-0.2, -0.15) is 0 Å². The van der Waals surface area contributed by atoms with Crippen LogP contribution in [0.4, 0.5) is 0 Å². The van der Waals surface area contributed by atoms with Crippen LogP contribution >= 0.6 is 0 Å². The van der Waals surface area contributed by atoms with Crippen molar-refractivity contribution >= 4 is 5.84 Å². The SMILES string of the molecule is NC(CCCCNCC1CCCC1CO)=NO. The van der Waals surface area contributed by atoms with Gasteiger partial charge in [0, 0.05) is 13.0 Å². The molecule has 0 heterocycles.